The molecule has 0 amide bonds. The molecule has 2 atom stereocenters. The van der Waals surface area contributed by atoms with Crippen LogP contribution in [0.15, 0.2) is 15.9 Å². The minimum atomic E-state index is -0.222. The van der Waals surface area contributed by atoms with Gasteiger partial charge in [0.05, 0.1) is 9.89 Å². The van der Waals surface area contributed by atoms with Crippen molar-refractivity contribution in [2.45, 2.75) is 46.6 Å². The lowest BCUT2D eigenvalue weighted by molar-refractivity contribution is 0.111. The summed E-state index contributed by atoms with van der Waals surface area (Å²) in [6, 6.07) is 4.12. The Morgan fingerprint density at radius 3 is 2.44 bits per heavy atom. The fourth-order valence-corrected chi connectivity index (χ4v) is 3.09. The zero-order valence-corrected chi connectivity index (χ0v) is 12.9. The highest BCUT2D eigenvalue weighted by molar-refractivity contribution is 9.11. The van der Waals surface area contributed by atoms with Crippen LogP contribution in [0, 0.1) is 11.3 Å². The van der Waals surface area contributed by atoms with Gasteiger partial charge in [-0.15, -0.1) is 11.3 Å². The highest BCUT2D eigenvalue weighted by Gasteiger charge is 2.22. The second-order valence-electron chi connectivity index (χ2n) is 5.57. The Morgan fingerprint density at radius 2 is 2.00 bits per heavy atom. The second-order valence-corrected chi connectivity index (χ2v) is 8.11. The Balaban J connectivity index is 2.45. The van der Waals surface area contributed by atoms with Crippen LogP contribution in [0.5, 0.6) is 0 Å². The molecule has 0 aliphatic rings. The van der Waals surface area contributed by atoms with Crippen LogP contribution < -0.4 is 0 Å². The molecule has 0 aliphatic heterocycles. The van der Waals surface area contributed by atoms with Gasteiger partial charge in [-0.2, -0.15) is 0 Å². The minimum Gasteiger partial charge on any atom is -0.393 e. The van der Waals surface area contributed by atoms with E-state index in [4.69, 9.17) is 0 Å². The van der Waals surface area contributed by atoms with Crippen molar-refractivity contribution in [3.05, 3.63) is 20.8 Å². The Morgan fingerprint density at radius 1 is 1.38 bits per heavy atom. The molecule has 0 radical (unpaired) electrons. The lowest BCUT2D eigenvalue weighted by Crippen LogP contribution is -2.23. The summed E-state index contributed by atoms with van der Waals surface area (Å²) < 4.78 is 1.14. The first-order valence-corrected chi connectivity index (χ1v) is 7.32. The van der Waals surface area contributed by atoms with Gasteiger partial charge < -0.3 is 5.11 Å². The van der Waals surface area contributed by atoms with E-state index in [-0.39, 0.29) is 11.5 Å². The fourth-order valence-electron chi connectivity index (χ4n) is 1.54. The predicted octanol–water partition coefficient (Wildman–Crippen LogP) is 4.49. The number of thiophene rings is 1. The van der Waals surface area contributed by atoms with Gasteiger partial charge in [-0.05, 0) is 45.8 Å². The molecule has 0 aromatic carbocycles. The van der Waals surface area contributed by atoms with Crippen LogP contribution >= 0.6 is 27.3 Å². The standard InChI is InChI=1S/C13H21BrOS/c1-9(13(2,3)4)7-10(15)8-11-5-6-12(14)16-11/h5-6,9-10,15H,7-8H2,1-4H3. The maximum atomic E-state index is 10.0. The predicted molar refractivity (Wildman–Crippen MR) is 75.0 cm³/mol. The number of halogens is 1. The molecular weight excluding hydrogens is 284 g/mol. The molecule has 0 bridgehead atoms. The molecule has 0 spiro atoms. The van der Waals surface area contributed by atoms with E-state index >= 15 is 0 Å². The van der Waals surface area contributed by atoms with E-state index < -0.39 is 0 Å². The zero-order valence-electron chi connectivity index (χ0n) is 10.5. The summed E-state index contributed by atoms with van der Waals surface area (Å²) >= 11 is 5.15. The lowest BCUT2D eigenvalue weighted by atomic mass is 9.78. The first kappa shape index (κ1) is 14.2. The van der Waals surface area contributed by atoms with Gasteiger partial charge in [0.25, 0.3) is 0 Å². The van der Waals surface area contributed by atoms with E-state index in [9.17, 15) is 5.11 Å². The summed E-state index contributed by atoms with van der Waals surface area (Å²) in [5.74, 6) is 0.533. The maximum absolute atomic E-state index is 10.0. The molecule has 1 rings (SSSR count). The van der Waals surface area contributed by atoms with Crippen molar-refractivity contribution < 1.29 is 5.11 Å². The maximum Gasteiger partial charge on any atom is 0.0701 e. The molecule has 1 aromatic heterocycles. The Labute approximate surface area is 111 Å². The van der Waals surface area contributed by atoms with Crippen LogP contribution in [-0.2, 0) is 6.42 Å². The number of rotatable bonds is 4. The van der Waals surface area contributed by atoms with Crippen molar-refractivity contribution in [3.63, 3.8) is 0 Å². The van der Waals surface area contributed by atoms with Gasteiger partial charge in [-0.3, -0.25) is 0 Å². The van der Waals surface area contributed by atoms with Gasteiger partial charge in [-0.25, -0.2) is 0 Å². The van der Waals surface area contributed by atoms with Crippen molar-refractivity contribution in [1.82, 2.24) is 0 Å². The monoisotopic (exact) mass is 304 g/mol. The third-order valence-electron chi connectivity index (χ3n) is 3.17. The molecule has 92 valence electrons. The second kappa shape index (κ2) is 5.65. The molecule has 16 heavy (non-hydrogen) atoms. The van der Waals surface area contributed by atoms with Crippen molar-refractivity contribution in [2.24, 2.45) is 11.3 Å². The highest BCUT2D eigenvalue weighted by atomic mass is 79.9. The van der Waals surface area contributed by atoms with E-state index in [1.165, 1.54) is 4.88 Å². The number of hydrogen-bond donors (Lipinski definition) is 1. The van der Waals surface area contributed by atoms with Crippen LogP contribution in [-0.4, -0.2) is 11.2 Å². The summed E-state index contributed by atoms with van der Waals surface area (Å²) in [4.78, 5) is 1.25. The third kappa shape index (κ3) is 4.56. The van der Waals surface area contributed by atoms with Crippen molar-refractivity contribution in [1.29, 1.82) is 0 Å². The zero-order chi connectivity index (χ0) is 12.3. The van der Waals surface area contributed by atoms with Crippen LogP contribution in [0.3, 0.4) is 0 Å². The molecular formula is C13H21BrOS. The lowest BCUT2D eigenvalue weighted by Gasteiger charge is -2.29. The van der Waals surface area contributed by atoms with E-state index in [1.54, 1.807) is 11.3 Å². The minimum absolute atomic E-state index is 0.222. The molecule has 0 fully saturated rings. The van der Waals surface area contributed by atoms with Crippen LogP contribution in [0.4, 0.5) is 0 Å². The smallest absolute Gasteiger partial charge is 0.0701 e. The van der Waals surface area contributed by atoms with E-state index in [0.717, 1.165) is 16.6 Å². The van der Waals surface area contributed by atoms with E-state index in [1.807, 2.05) is 6.07 Å². The normalized spacial score (nSPS) is 16.1. The van der Waals surface area contributed by atoms with Crippen LogP contribution in [0.25, 0.3) is 0 Å². The molecule has 0 saturated carbocycles. The molecule has 1 nitrogen and oxygen atoms in total. The van der Waals surface area contributed by atoms with Crippen molar-refractivity contribution in [2.75, 3.05) is 0 Å². The molecule has 2 unspecified atom stereocenters. The van der Waals surface area contributed by atoms with Gasteiger partial charge in [0, 0.05) is 11.3 Å². The summed E-state index contributed by atoms with van der Waals surface area (Å²) in [6.07, 6.45) is 1.43. The Kier molecular flexibility index (Phi) is 5.02. The van der Waals surface area contributed by atoms with Gasteiger partial charge in [0.2, 0.25) is 0 Å². The largest absolute Gasteiger partial charge is 0.393 e. The summed E-state index contributed by atoms with van der Waals surface area (Å²) in [5.41, 5.74) is 0.275. The highest BCUT2D eigenvalue weighted by Crippen LogP contribution is 2.30. The van der Waals surface area contributed by atoms with Gasteiger partial charge in [-0.1, -0.05) is 27.7 Å². The summed E-state index contributed by atoms with van der Waals surface area (Å²) in [7, 11) is 0. The average molecular weight is 305 g/mol. The van der Waals surface area contributed by atoms with Crippen molar-refractivity contribution >= 4 is 27.3 Å². The van der Waals surface area contributed by atoms with E-state index in [0.29, 0.717) is 5.92 Å². The molecule has 1 aromatic rings. The first-order valence-electron chi connectivity index (χ1n) is 5.71. The fraction of sp³-hybridized carbons (Fsp3) is 0.692. The van der Waals surface area contributed by atoms with E-state index in [2.05, 4.69) is 49.7 Å². The number of aliphatic hydroxyl groups excluding tert-OH is 1. The van der Waals surface area contributed by atoms with Gasteiger partial charge >= 0.3 is 0 Å². The number of aliphatic hydroxyl groups is 1. The quantitative estimate of drug-likeness (QED) is 0.869. The first-order chi connectivity index (χ1) is 7.29. The van der Waals surface area contributed by atoms with Gasteiger partial charge in [0.15, 0.2) is 0 Å². The van der Waals surface area contributed by atoms with Gasteiger partial charge in [0.1, 0.15) is 0 Å². The van der Waals surface area contributed by atoms with Crippen LogP contribution in [0.1, 0.15) is 39.0 Å². The molecule has 1 N–H and O–H groups in total. The average Bonchev–Trinajstić information content (AvgIpc) is 2.49. The molecule has 0 aliphatic carbocycles. The van der Waals surface area contributed by atoms with Crippen LogP contribution in [0.2, 0.25) is 0 Å². The third-order valence-corrected chi connectivity index (χ3v) is 4.82. The number of hydrogen-bond acceptors (Lipinski definition) is 2. The molecule has 3 heteroatoms. The van der Waals surface area contributed by atoms with Crippen molar-refractivity contribution in [3.8, 4) is 0 Å². The summed E-state index contributed by atoms with van der Waals surface area (Å²) in [6.45, 7) is 8.90. The topological polar surface area (TPSA) is 20.2 Å². The Hall–Kier alpha value is 0.140. The SMILES string of the molecule is CC(CC(O)Cc1ccc(Br)s1)C(C)(C)C. The molecule has 0 saturated heterocycles. The summed E-state index contributed by atoms with van der Waals surface area (Å²) in [5, 5.41) is 10.0. The molecule has 1 heterocycles. The Bertz CT molecular complexity index is 327.